The predicted octanol–water partition coefficient (Wildman–Crippen LogP) is 1.86. The van der Waals surface area contributed by atoms with Crippen LogP contribution in [0.15, 0.2) is 36.5 Å². The van der Waals surface area contributed by atoms with Crippen molar-refractivity contribution in [2.24, 2.45) is 0 Å². The molecule has 3 rings (SSSR count). The summed E-state index contributed by atoms with van der Waals surface area (Å²) >= 11 is 0. The molecule has 0 spiro atoms. The fourth-order valence-corrected chi connectivity index (χ4v) is 2.47. The second-order valence-electron chi connectivity index (χ2n) is 4.97. The zero-order chi connectivity index (χ0) is 14.8. The maximum atomic E-state index is 12.4. The number of phenolic OH excluding ortho intramolecular Hbond substituents is 1. The molecule has 1 aliphatic rings. The fraction of sp³-hybridized carbons (Fsp3) is 0.188. The molecule has 5 heteroatoms. The molecule has 1 aromatic carbocycles. The Hall–Kier alpha value is -2.87. The number of aromatic hydroxyl groups is 1. The molecule has 1 amide bonds. The van der Waals surface area contributed by atoms with Crippen molar-refractivity contribution < 1.29 is 9.90 Å². The number of pyridine rings is 1. The van der Waals surface area contributed by atoms with E-state index in [2.05, 4.69) is 4.98 Å². The number of benzene rings is 1. The standard InChI is InChI=1S/C16H13N3O2/c17-8-11-1-4-15(18-9-11)16(21)19-6-5-12-2-3-14(20)7-13(12)10-19/h1-4,7,9,20H,5-6,10H2. The molecule has 1 aromatic heterocycles. The Morgan fingerprint density at radius 3 is 2.86 bits per heavy atom. The number of nitrogens with zero attached hydrogens (tertiary/aromatic N) is 3. The van der Waals surface area contributed by atoms with Gasteiger partial charge in [0.1, 0.15) is 17.5 Å². The summed E-state index contributed by atoms with van der Waals surface area (Å²) < 4.78 is 0. The molecular formula is C16H13N3O2. The van der Waals surface area contributed by atoms with Crippen molar-refractivity contribution >= 4 is 5.91 Å². The third kappa shape index (κ3) is 2.56. The van der Waals surface area contributed by atoms with Gasteiger partial charge in [0.2, 0.25) is 0 Å². The second-order valence-corrected chi connectivity index (χ2v) is 4.97. The Balaban J connectivity index is 1.81. The molecule has 0 unspecified atom stereocenters. The highest BCUT2D eigenvalue weighted by molar-refractivity contribution is 5.92. The summed E-state index contributed by atoms with van der Waals surface area (Å²) in [4.78, 5) is 18.2. The van der Waals surface area contributed by atoms with E-state index >= 15 is 0 Å². The Morgan fingerprint density at radius 2 is 2.14 bits per heavy atom. The quantitative estimate of drug-likeness (QED) is 0.864. The van der Waals surface area contributed by atoms with Gasteiger partial charge < -0.3 is 10.0 Å². The van der Waals surface area contributed by atoms with Crippen LogP contribution in [0.4, 0.5) is 0 Å². The van der Waals surface area contributed by atoms with Gasteiger partial charge in [0.25, 0.3) is 5.91 Å². The van der Waals surface area contributed by atoms with Gasteiger partial charge in [0, 0.05) is 19.3 Å². The molecule has 0 radical (unpaired) electrons. The maximum absolute atomic E-state index is 12.4. The van der Waals surface area contributed by atoms with Gasteiger partial charge in [-0.1, -0.05) is 6.07 Å². The average Bonchev–Trinajstić information content (AvgIpc) is 2.53. The molecular weight excluding hydrogens is 266 g/mol. The van der Waals surface area contributed by atoms with Gasteiger partial charge in [-0.15, -0.1) is 0 Å². The third-order valence-corrected chi connectivity index (χ3v) is 3.60. The Morgan fingerprint density at radius 1 is 1.29 bits per heavy atom. The third-order valence-electron chi connectivity index (χ3n) is 3.60. The van der Waals surface area contributed by atoms with Gasteiger partial charge in [-0.2, -0.15) is 5.26 Å². The topological polar surface area (TPSA) is 77.2 Å². The van der Waals surface area contributed by atoms with Gasteiger partial charge in [-0.05, 0) is 41.8 Å². The highest BCUT2D eigenvalue weighted by Crippen LogP contribution is 2.23. The lowest BCUT2D eigenvalue weighted by atomic mass is 9.99. The molecule has 1 aliphatic heterocycles. The average molecular weight is 279 g/mol. The summed E-state index contributed by atoms with van der Waals surface area (Å²) in [6.07, 6.45) is 2.16. The first-order valence-electron chi connectivity index (χ1n) is 6.63. The second kappa shape index (κ2) is 5.25. The summed E-state index contributed by atoms with van der Waals surface area (Å²) in [7, 11) is 0. The Kier molecular flexibility index (Phi) is 3.28. The number of fused-ring (bicyclic) bond motifs is 1. The summed E-state index contributed by atoms with van der Waals surface area (Å²) in [5, 5.41) is 18.3. The minimum Gasteiger partial charge on any atom is -0.508 e. The summed E-state index contributed by atoms with van der Waals surface area (Å²) in [5.41, 5.74) is 2.88. The van der Waals surface area contributed by atoms with Gasteiger partial charge in [-0.25, -0.2) is 4.98 Å². The molecule has 0 saturated heterocycles. The minimum absolute atomic E-state index is 0.159. The van der Waals surface area contributed by atoms with E-state index in [1.54, 1.807) is 29.2 Å². The van der Waals surface area contributed by atoms with Crippen LogP contribution >= 0.6 is 0 Å². The van der Waals surface area contributed by atoms with E-state index in [0.717, 1.165) is 17.5 Å². The van der Waals surface area contributed by atoms with Crippen molar-refractivity contribution in [2.75, 3.05) is 6.54 Å². The summed E-state index contributed by atoms with van der Waals surface area (Å²) in [5.74, 6) is 0.0491. The zero-order valence-corrected chi connectivity index (χ0v) is 11.3. The van der Waals surface area contributed by atoms with E-state index in [-0.39, 0.29) is 11.7 Å². The molecule has 21 heavy (non-hydrogen) atoms. The van der Waals surface area contributed by atoms with Crippen LogP contribution in [0.5, 0.6) is 5.75 Å². The highest BCUT2D eigenvalue weighted by atomic mass is 16.3. The normalized spacial score (nSPS) is 13.4. The predicted molar refractivity (Wildman–Crippen MR) is 75.5 cm³/mol. The number of nitriles is 1. The molecule has 5 nitrogen and oxygen atoms in total. The van der Waals surface area contributed by atoms with Crippen LogP contribution in [-0.2, 0) is 13.0 Å². The SMILES string of the molecule is N#Cc1ccc(C(=O)N2CCc3ccc(O)cc3C2)nc1. The Labute approximate surface area is 122 Å². The lowest BCUT2D eigenvalue weighted by Crippen LogP contribution is -2.36. The molecule has 0 atom stereocenters. The van der Waals surface area contributed by atoms with Crippen LogP contribution in [-0.4, -0.2) is 27.4 Å². The first-order valence-corrected chi connectivity index (χ1v) is 6.63. The monoisotopic (exact) mass is 279 g/mol. The van der Waals surface area contributed by atoms with E-state index in [1.807, 2.05) is 12.1 Å². The van der Waals surface area contributed by atoms with Crippen LogP contribution in [0.3, 0.4) is 0 Å². The van der Waals surface area contributed by atoms with Crippen molar-refractivity contribution in [1.29, 1.82) is 5.26 Å². The number of carbonyl (C=O) groups excluding carboxylic acids is 1. The molecule has 2 heterocycles. The van der Waals surface area contributed by atoms with Crippen LogP contribution in [0.25, 0.3) is 0 Å². The van der Waals surface area contributed by atoms with Crippen LogP contribution in [0.1, 0.15) is 27.2 Å². The number of hydrogen-bond acceptors (Lipinski definition) is 4. The van der Waals surface area contributed by atoms with Gasteiger partial charge in [0.15, 0.2) is 0 Å². The van der Waals surface area contributed by atoms with Gasteiger partial charge >= 0.3 is 0 Å². The van der Waals surface area contributed by atoms with E-state index < -0.39 is 0 Å². The van der Waals surface area contributed by atoms with Crippen LogP contribution in [0.2, 0.25) is 0 Å². The highest BCUT2D eigenvalue weighted by Gasteiger charge is 2.22. The minimum atomic E-state index is -0.159. The summed E-state index contributed by atoms with van der Waals surface area (Å²) in [6.45, 7) is 1.09. The molecule has 2 aromatic rings. The fourth-order valence-electron chi connectivity index (χ4n) is 2.47. The van der Waals surface area contributed by atoms with E-state index in [9.17, 15) is 9.90 Å². The van der Waals surface area contributed by atoms with E-state index in [0.29, 0.717) is 24.3 Å². The lowest BCUT2D eigenvalue weighted by Gasteiger charge is -2.28. The largest absolute Gasteiger partial charge is 0.508 e. The number of aromatic nitrogens is 1. The molecule has 104 valence electrons. The molecule has 1 N–H and O–H groups in total. The van der Waals surface area contributed by atoms with Crippen LogP contribution < -0.4 is 0 Å². The van der Waals surface area contributed by atoms with Crippen molar-refractivity contribution in [3.8, 4) is 11.8 Å². The molecule has 0 bridgehead atoms. The van der Waals surface area contributed by atoms with Crippen molar-refractivity contribution in [3.05, 3.63) is 58.9 Å². The van der Waals surface area contributed by atoms with E-state index in [4.69, 9.17) is 5.26 Å². The van der Waals surface area contributed by atoms with Gasteiger partial charge in [-0.3, -0.25) is 4.79 Å². The zero-order valence-electron chi connectivity index (χ0n) is 11.3. The first-order chi connectivity index (χ1) is 10.2. The number of rotatable bonds is 1. The van der Waals surface area contributed by atoms with E-state index in [1.165, 1.54) is 6.20 Å². The van der Waals surface area contributed by atoms with Crippen LogP contribution in [0, 0.1) is 11.3 Å². The van der Waals surface area contributed by atoms with Gasteiger partial charge in [0.05, 0.1) is 5.56 Å². The number of hydrogen-bond donors (Lipinski definition) is 1. The number of amides is 1. The summed E-state index contributed by atoms with van der Waals surface area (Å²) in [6, 6.07) is 10.4. The molecule has 0 fully saturated rings. The smallest absolute Gasteiger partial charge is 0.272 e. The van der Waals surface area contributed by atoms with Crippen molar-refractivity contribution in [3.63, 3.8) is 0 Å². The molecule has 0 aliphatic carbocycles. The molecule has 0 saturated carbocycles. The number of phenols is 1. The van der Waals surface area contributed by atoms with Crippen molar-refractivity contribution in [1.82, 2.24) is 9.88 Å². The lowest BCUT2D eigenvalue weighted by molar-refractivity contribution is 0.0728. The first kappa shape index (κ1) is 13.1. The van der Waals surface area contributed by atoms with Crippen molar-refractivity contribution in [2.45, 2.75) is 13.0 Å². The Bertz CT molecular complexity index is 732. The maximum Gasteiger partial charge on any atom is 0.272 e. The number of carbonyl (C=O) groups is 1.